The molecule has 5 rings (SSSR count). The lowest BCUT2D eigenvalue weighted by Crippen LogP contribution is -2.34. The molecule has 0 radical (unpaired) electrons. The van der Waals surface area contributed by atoms with Crippen LogP contribution in [-0.4, -0.2) is 50.5 Å². The van der Waals surface area contributed by atoms with Crippen molar-refractivity contribution in [2.45, 2.75) is 19.9 Å². The predicted molar refractivity (Wildman–Crippen MR) is 120 cm³/mol. The van der Waals surface area contributed by atoms with Crippen LogP contribution in [0.1, 0.15) is 13.3 Å². The minimum Gasteiger partial charge on any atom is -0.345 e. The van der Waals surface area contributed by atoms with Crippen molar-refractivity contribution < 1.29 is 0 Å². The van der Waals surface area contributed by atoms with E-state index in [0.717, 1.165) is 61.2 Å². The second-order valence-corrected chi connectivity index (χ2v) is 8.02. The largest absolute Gasteiger partial charge is 0.345 e. The first kappa shape index (κ1) is 19.1. The molecule has 0 amide bonds. The molecule has 0 saturated carbocycles. The van der Waals surface area contributed by atoms with Gasteiger partial charge < -0.3 is 15.2 Å². The van der Waals surface area contributed by atoms with Crippen molar-refractivity contribution in [3.05, 3.63) is 39.9 Å². The van der Waals surface area contributed by atoms with E-state index < -0.39 is 0 Å². The Morgan fingerprint density at radius 1 is 1.20 bits per heavy atom. The number of hydrogen-bond acceptors (Lipinski definition) is 5. The molecule has 1 aromatic carbocycles. The smallest absolute Gasteiger partial charge is 0.264 e. The predicted octanol–water partition coefficient (Wildman–Crippen LogP) is 2.75. The molecule has 4 aromatic rings. The number of hydrogen-bond donors (Lipinski definition) is 2. The zero-order valence-electron chi connectivity index (χ0n) is 17.1. The summed E-state index contributed by atoms with van der Waals surface area (Å²) in [6.07, 6.45) is 4.78. The Morgan fingerprint density at radius 2 is 2.07 bits per heavy atom. The molecule has 4 heterocycles. The van der Waals surface area contributed by atoms with Crippen LogP contribution in [-0.2, 0) is 13.6 Å². The quantitative estimate of drug-likeness (QED) is 0.527. The van der Waals surface area contributed by atoms with Crippen molar-refractivity contribution in [3.8, 4) is 11.1 Å². The summed E-state index contributed by atoms with van der Waals surface area (Å²) in [5.41, 5.74) is 2.91. The lowest BCUT2D eigenvalue weighted by Gasteiger charge is -2.23. The third kappa shape index (κ3) is 2.98. The molecule has 1 aliphatic heterocycles. The first-order valence-corrected chi connectivity index (χ1v) is 10.7. The van der Waals surface area contributed by atoms with Gasteiger partial charge in [0.05, 0.1) is 15.9 Å². The Balaban J connectivity index is 1.66. The SMILES string of the molecule is CCn1cc2c(Cl)c(-c3c[nH]c4nc(N5CCCNCC5)n(C)c(=O)c34)ccc2n1. The number of fused-ring (bicyclic) bond motifs is 2. The Morgan fingerprint density at radius 3 is 2.90 bits per heavy atom. The zero-order chi connectivity index (χ0) is 20.8. The van der Waals surface area contributed by atoms with E-state index in [0.29, 0.717) is 22.0 Å². The number of H-pyrrole nitrogens is 1. The summed E-state index contributed by atoms with van der Waals surface area (Å²) in [7, 11) is 1.79. The topological polar surface area (TPSA) is 83.8 Å². The monoisotopic (exact) mass is 425 g/mol. The van der Waals surface area contributed by atoms with Gasteiger partial charge in [0.15, 0.2) is 0 Å². The summed E-state index contributed by atoms with van der Waals surface area (Å²) >= 11 is 6.76. The third-order valence-electron chi connectivity index (χ3n) is 5.80. The maximum atomic E-state index is 13.4. The molecule has 0 unspecified atom stereocenters. The van der Waals surface area contributed by atoms with Gasteiger partial charge in [0.25, 0.3) is 5.56 Å². The summed E-state index contributed by atoms with van der Waals surface area (Å²) in [6, 6.07) is 3.87. The number of rotatable bonds is 3. The van der Waals surface area contributed by atoms with Gasteiger partial charge in [-0.1, -0.05) is 17.7 Å². The first-order valence-electron chi connectivity index (χ1n) is 10.3. The standard InChI is InChI=1S/C21H24ClN7O/c1-3-29-12-15-16(26-29)6-5-13(18(15)22)14-11-24-19-17(14)20(30)27(2)21(25-19)28-9-4-7-23-8-10-28/h5-6,11-12,23-24H,3-4,7-10H2,1-2H3. The molecule has 1 saturated heterocycles. The van der Waals surface area contributed by atoms with Gasteiger partial charge in [0.1, 0.15) is 5.65 Å². The fraction of sp³-hybridized carbons (Fsp3) is 0.381. The van der Waals surface area contributed by atoms with E-state index in [2.05, 4.69) is 20.3 Å². The highest BCUT2D eigenvalue weighted by molar-refractivity contribution is 6.38. The summed E-state index contributed by atoms with van der Waals surface area (Å²) in [6.45, 7) is 6.36. The molecule has 0 spiro atoms. The maximum absolute atomic E-state index is 13.4. The molecule has 3 aromatic heterocycles. The van der Waals surface area contributed by atoms with Gasteiger partial charge in [-0.05, 0) is 26.0 Å². The number of benzene rings is 1. The molecular formula is C21H24ClN7O. The molecule has 156 valence electrons. The molecule has 0 aliphatic carbocycles. The Kier molecular flexibility index (Phi) is 4.75. The van der Waals surface area contributed by atoms with Crippen molar-refractivity contribution in [3.63, 3.8) is 0 Å². The number of aromatic nitrogens is 5. The van der Waals surface area contributed by atoms with Crippen LogP contribution in [0.4, 0.5) is 5.95 Å². The van der Waals surface area contributed by atoms with E-state index in [1.807, 2.05) is 36.1 Å². The zero-order valence-corrected chi connectivity index (χ0v) is 17.8. The molecule has 9 heteroatoms. The van der Waals surface area contributed by atoms with Crippen LogP contribution in [0, 0.1) is 0 Å². The molecule has 1 fully saturated rings. The van der Waals surface area contributed by atoms with Crippen LogP contribution < -0.4 is 15.8 Å². The molecule has 0 bridgehead atoms. The average molecular weight is 426 g/mol. The highest BCUT2D eigenvalue weighted by Gasteiger charge is 2.21. The van der Waals surface area contributed by atoms with Crippen molar-refractivity contribution in [2.24, 2.45) is 7.05 Å². The summed E-state index contributed by atoms with van der Waals surface area (Å²) in [5, 5.41) is 9.93. The summed E-state index contributed by atoms with van der Waals surface area (Å²) in [4.78, 5) is 23.5. The molecule has 8 nitrogen and oxygen atoms in total. The van der Waals surface area contributed by atoms with E-state index in [-0.39, 0.29) is 5.56 Å². The van der Waals surface area contributed by atoms with Crippen LogP contribution in [0.2, 0.25) is 5.02 Å². The first-order chi connectivity index (χ1) is 14.6. The Labute approximate surface area is 178 Å². The van der Waals surface area contributed by atoms with E-state index in [1.165, 1.54) is 0 Å². The minimum atomic E-state index is -0.0797. The summed E-state index contributed by atoms with van der Waals surface area (Å²) in [5.74, 6) is 0.690. The maximum Gasteiger partial charge on any atom is 0.264 e. The van der Waals surface area contributed by atoms with Crippen LogP contribution in [0.15, 0.2) is 29.3 Å². The third-order valence-corrected chi connectivity index (χ3v) is 6.21. The van der Waals surface area contributed by atoms with Gasteiger partial charge in [-0.2, -0.15) is 10.1 Å². The van der Waals surface area contributed by atoms with Crippen LogP contribution >= 0.6 is 11.6 Å². The van der Waals surface area contributed by atoms with Gasteiger partial charge in [-0.3, -0.25) is 14.0 Å². The Bertz CT molecular complexity index is 1290. The number of aromatic amines is 1. The van der Waals surface area contributed by atoms with Crippen molar-refractivity contribution in [1.82, 2.24) is 29.6 Å². The van der Waals surface area contributed by atoms with Gasteiger partial charge >= 0.3 is 0 Å². The van der Waals surface area contributed by atoms with Gasteiger partial charge in [-0.25, -0.2) is 0 Å². The van der Waals surface area contributed by atoms with Crippen LogP contribution in [0.5, 0.6) is 0 Å². The van der Waals surface area contributed by atoms with E-state index in [9.17, 15) is 4.79 Å². The van der Waals surface area contributed by atoms with Crippen molar-refractivity contribution >= 4 is 39.5 Å². The Hall–Kier alpha value is -2.84. The fourth-order valence-electron chi connectivity index (χ4n) is 4.17. The number of aryl methyl sites for hydroxylation is 1. The highest BCUT2D eigenvalue weighted by Crippen LogP contribution is 2.36. The molecule has 30 heavy (non-hydrogen) atoms. The fourth-order valence-corrected chi connectivity index (χ4v) is 4.48. The van der Waals surface area contributed by atoms with E-state index in [4.69, 9.17) is 16.6 Å². The summed E-state index contributed by atoms with van der Waals surface area (Å²) < 4.78 is 3.50. The lowest BCUT2D eigenvalue weighted by molar-refractivity contribution is 0.668. The average Bonchev–Trinajstić information content (AvgIpc) is 3.27. The second-order valence-electron chi connectivity index (χ2n) is 7.64. The highest BCUT2D eigenvalue weighted by atomic mass is 35.5. The van der Waals surface area contributed by atoms with Gasteiger partial charge in [0, 0.05) is 62.1 Å². The van der Waals surface area contributed by atoms with Crippen molar-refractivity contribution in [2.75, 3.05) is 31.1 Å². The molecule has 0 atom stereocenters. The van der Waals surface area contributed by atoms with Gasteiger partial charge in [0.2, 0.25) is 5.95 Å². The lowest BCUT2D eigenvalue weighted by atomic mass is 10.0. The van der Waals surface area contributed by atoms with Crippen LogP contribution in [0.25, 0.3) is 33.1 Å². The van der Waals surface area contributed by atoms with Crippen molar-refractivity contribution in [1.29, 1.82) is 0 Å². The van der Waals surface area contributed by atoms with E-state index in [1.54, 1.807) is 11.6 Å². The van der Waals surface area contributed by atoms with E-state index >= 15 is 0 Å². The second kappa shape index (κ2) is 7.45. The number of halogens is 1. The number of nitrogens with one attached hydrogen (secondary N) is 2. The van der Waals surface area contributed by atoms with Crippen LogP contribution in [0.3, 0.4) is 0 Å². The molecule has 1 aliphatic rings. The number of nitrogens with zero attached hydrogens (tertiary/aromatic N) is 5. The van der Waals surface area contributed by atoms with Gasteiger partial charge in [-0.15, -0.1) is 0 Å². The molecular weight excluding hydrogens is 402 g/mol. The molecule has 2 N–H and O–H groups in total. The number of anilines is 1. The minimum absolute atomic E-state index is 0.0797. The normalized spacial score (nSPS) is 15.2.